The van der Waals surface area contributed by atoms with E-state index >= 15 is 4.39 Å². The van der Waals surface area contributed by atoms with E-state index in [0.717, 1.165) is 32.9 Å². The third-order valence-electron chi connectivity index (χ3n) is 10.1. The molecule has 0 saturated carbocycles. The Morgan fingerprint density at radius 1 is 0.869 bits per heavy atom. The van der Waals surface area contributed by atoms with E-state index in [1.165, 1.54) is 6.92 Å². The van der Waals surface area contributed by atoms with Crippen LogP contribution in [0.3, 0.4) is 0 Å². The van der Waals surface area contributed by atoms with E-state index in [2.05, 4.69) is 15.5 Å². The van der Waals surface area contributed by atoms with Gasteiger partial charge in [-0.1, -0.05) is 48.5 Å². The summed E-state index contributed by atoms with van der Waals surface area (Å²) < 4.78 is 70.1. The normalized spacial score (nSPS) is 14.0. The van der Waals surface area contributed by atoms with Crippen LogP contribution in [0.5, 0.6) is 0 Å². The van der Waals surface area contributed by atoms with Crippen molar-refractivity contribution >= 4 is 23.7 Å². The molecule has 1 saturated heterocycles. The smallest absolute Gasteiger partial charge is 0.416 e. The van der Waals surface area contributed by atoms with Crippen molar-refractivity contribution in [1.82, 2.24) is 24.7 Å². The molecule has 0 aliphatic carbocycles. The number of esters is 1. The molecule has 0 unspecified atom stereocenters. The molecule has 2 heterocycles. The molecular formula is C44H52F4N6O7. The van der Waals surface area contributed by atoms with E-state index in [-0.39, 0.29) is 42.8 Å². The highest BCUT2D eigenvalue weighted by Gasteiger charge is 2.35. The van der Waals surface area contributed by atoms with Crippen molar-refractivity contribution in [2.75, 3.05) is 44.2 Å². The number of carbonyl (C=O) groups is 3. The molecule has 2 N–H and O–H groups in total. The van der Waals surface area contributed by atoms with E-state index in [1.54, 1.807) is 81.1 Å². The number of amides is 2. The van der Waals surface area contributed by atoms with Gasteiger partial charge in [0.15, 0.2) is 0 Å². The lowest BCUT2D eigenvalue weighted by molar-refractivity contribution is -0.143. The van der Waals surface area contributed by atoms with E-state index in [0.29, 0.717) is 50.3 Å². The SMILES string of the molecule is CCOC(=O)CCCNC(=O)c1cccc(CN2CCN(c3c(C)n(Cc4c(F)cccc4C(F)(F)F)c(=O)n(C[C@H](NC(=O)OC(C)(C)C)c4ccccc4)c3=O)CC2)c1. The summed E-state index contributed by atoms with van der Waals surface area (Å²) in [5, 5.41) is 5.55. The van der Waals surface area contributed by atoms with Gasteiger partial charge in [-0.25, -0.2) is 14.0 Å². The maximum absolute atomic E-state index is 15.3. The zero-order valence-electron chi connectivity index (χ0n) is 34.9. The predicted molar refractivity (Wildman–Crippen MR) is 221 cm³/mol. The van der Waals surface area contributed by atoms with E-state index in [4.69, 9.17) is 9.47 Å². The number of aromatic nitrogens is 2. The summed E-state index contributed by atoms with van der Waals surface area (Å²) in [5.74, 6) is -1.78. The van der Waals surface area contributed by atoms with E-state index in [9.17, 15) is 37.1 Å². The molecule has 61 heavy (non-hydrogen) atoms. The van der Waals surface area contributed by atoms with Crippen LogP contribution in [0, 0.1) is 12.7 Å². The Labute approximate surface area is 351 Å². The molecule has 0 bridgehead atoms. The third-order valence-corrected chi connectivity index (χ3v) is 10.1. The van der Waals surface area contributed by atoms with Crippen LogP contribution < -0.4 is 26.8 Å². The number of piperazine rings is 1. The topological polar surface area (TPSA) is 144 Å². The van der Waals surface area contributed by atoms with Gasteiger partial charge in [-0.05, 0) is 76.4 Å². The molecule has 3 aromatic carbocycles. The Balaban J connectivity index is 1.44. The first-order valence-corrected chi connectivity index (χ1v) is 20.1. The summed E-state index contributed by atoms with van der Waals surface area (Å²) in [5.41, 5.74) is -2.70. The molecule has 1 atom stereocenters. The second-order valence-electron chi connectivity index (χ2n) is 15.7. The largest absolute Gasteiger partial charge is 0.466 e. The lowest BCUT2D eigenvalue weighted by Crippen LogP contribution is -2.51. The summed E-state index contributed by atoms with van der Waals surface area (Å²) in [7, 11) is 0. The Morgan fingerprint density at radius 3 is 2.21 bits per heavy atom. The highest BCUT2D eigenvalue weighted by atomic mass is 19.4. The third kappa shape index (κ3) is 12.3. The van der Waals surface area contributed by atoms with Gasteiger partial charge in [0, 0.05) is 62.5 Å². The van der Waals surface area contributed by atoms with Gasteiger partial charge < -0.3 is 25.0 Å². The minimum atomic E-state index is -4.94. The van der Waals surface area contributed by atoms with Crippen LogP contribution in [0.15, 0.2) is 82.4 Å². The van der Waals surface area contributed by atoms with Gasteiger partial charge in [-0.15, -0.1) is 0 Å². The van der Waals surface area contributed by atoms with E-state index < -0.39 is 65.2 Å². The van der Waals surface area contributed by atoms with Crippen LogP contribution in [-0.4, -0.2) is 76.9 Å². The second kappa shape index (κ2) is 20.1. The number of nitrogens with one attached hydrogen (secondary N) is 2. The first-order valence-electron chi connectivity index (χ1n) is 20.1. The zero-order valence-corrected chi connectivity index (χ0v) is 34.9. The number of carbonyl (C=O) groups excluding carboxylic acids is 3. The Bertz CT molecular complexity index is 2300. The molecule has 13 nitrogen and oxygen atoms in total. The molecule has 1 aliphatic rings. The molecule has 1 aliphatic heterocycles. The highest BCUT2D eigenvalue weighted by Crippen LogP contribution is 2.34. The Morgan fingerprint density at radius 2 is 1.56 bits per heavy atom. The summed E-state index contributed by atoms with van der Waals surface area (Å²) in [4.78, 5) is 70.3. The molecule has 2 amide bonds. The fourth-order valence-electron chi connectivity index (χ4n) is 7.16. The average molecular weight is 853 g/mol. The van der Waals surface area contributed by atoms with Gasteiger partial charge >= 0.3 is 23.9 Å². The van der Waals surface area contributed by atoms with Gasteiger partial charge in [-0.3, -0.25) is 28.4 Å². The number of hydrogen-bond donors (Lipinski definition) is 2. The quantitative estimate of drug-likeness (QED) is 0.0814. The molecular weight excluding hydrogens is 801 g/mol. The number of alkyl carbamates (subject to hydrolysis) is 1. The number of benzene rings is 3. The number of nitrogens with zero attached hydrogens (tertiary/aromatic N) is 4. The fraction of sp³-hybridized carbons (Fsp3) is 0.432. The lowest BCUT2D eigenvalue weighted by atomic mass is 10.1. The molecule has 328 valence electrons. The zero-order chi connectivity index (χ0) is 44.5. The molecule has 0 radical (unpaired) electrons. The van der Waals surface area contributed by atoms with Crippen LogP contribution in [0.4, 0.5) is 28.0 Å². The molecule has 17 heteroatoms. The molecule has 5 rings (SSSR count). The monoisotopic (exact) mass is 852 g/mol. The maximum Gasteiger partial charge on any atom is 0.416 e. The second-order valence-corrected chi connectivity index (χ2v) is 15.7. The van der Waals surface area contributed by atoms with Crippen LogP contribution >= 0.6 is 0 Å². The number of ether oxygens (including phenoxy) is 2. The molecule has 0 spiro atoms. The fourth-order valence-corrected chi connectivity index (χ4v) is 7.16. The van der Waals surface area contributed by atoms with Gasteiger partial charge in [0.25, 0.3) is 11.5 Å². The van der Waals surface area contributed by atoms with Crippen molar-refractivity contribution in [1.29, 1.82) is 0 Å². The van der Waals surface area contributed by atoms with Crippen molar-refractivity contribution in [2.45, 2.75) is 84.9 Å². The minimum absolute atomic E-state index is 0.0495. The van der Waals surface area contributed by atoms with Crippen molar-refractivity contribution in [3.8, 4) is 0 Å². The van der Waals surface area contributed by atoms with Crippen LogP contribution in [0.1, 0.15) is 84.9 Å². The Hall–Kier alpha value is -5.97. The van der Waals surface area contributed by atoms with Gasteiger partial charge in [0.1, 0.15) is 17.1 Å². The number of halogens is 4. The van der Waals surface area contributed by atoms with Crippen LogP contribution in [-0.2, 0) is 40.1 Å². The standard InChI is InChI=1S/C44H52F4N6O7/c1-6-60-37(55)19-12-20-49-39(56)32-16-10-13-30(25-32)26-51-21-23-52(24-22-51)38-29(2)53(27-33-34(44(46,47)48)17-11-18-35(33)45)42(59)54(40(38)57)28-36(31-14-8-7-9-15-31)50-41(58)61-43(3,4)5/h7-11,13-18,25,36H,6,12,19-24,26-28H2,1-5H3,(H,49,56)(H,50,58)/t36-/m0/s1. The van der Waals surface area contributed by atoms with Crippen molar-refractivity contribution in [3.05, 3.63) is 133 Å². The summed E-state index contributed by atoms with van der Waals surface area (Å²) in [6, 6.07) is 17.2. The number of anilines is 1. The number of alkyl halides is 3. The minimum Gasteiger partial charge on any atom is -0.466 e. The van der Waals surface area contributed by atoms with Gasteiger partial charge in [0.2, 0.25) is 0 Å². The van der Waals surface area contributed by atoms with Crippen LogP contribution in [0.25, 0.3) is 0 Å². The van der Waals surface area contributed by atoms with E-state index in [1.807, 2.05) is 6.07 Å². The average Bonchev–Trinajstić information content (AvgIpc) is 3.20. The lowest BCUT2D eigenvalue weighted by Gasteiger charge is -2.37. The summed E-state index contributed by atoms with van der Waals surface area (Å²) in [6.07, 6.45) is -5.13. The molecule has 1 fully saturated rings. The maximum atomic E-state index is 15.3. The summed E-state index contributed by atoms with van der Waals surface area (Å²) in [6.45, 7) is 9.42. The molecule has 1 aromatic heterocycles. The van der Waals surface area contributed by atoms with Crippen molar-refractivity contribution < 1.29 is 41.4 Å². The van der Waals surface area contributed by atoms with Crippen molar-refractivity contribution in [3.63, 3.8) is 0 Å². The first-order chi connectivity index (χ1) is 28.9. The first kappa shape index (κ1) is 46.1. The van der Waals surface area contributed by atoms with Crippen LogP contribution in [0.2, 0.25) is 0 Å². The van der Waals surface area contributed by atoms with Gasteiger partial charge in [0.05, 0.1) is 31.3 Å². The predicted octanol–water partition coefficient (Wildman–Crippen LogP) is 6.19. The van der Waals surface area contributed by atoms with Gasteiger partial charge in [-0.2, -0.15) is 13.2 Å². The number of rotatable bonds is 15. The van der Waals surface area contributed by atoms with Crippen molar-refractivity contribution in [2.24, 2.45) is 0 Å². The number of hydrogen-bond acceptors (Lipinski definition) is 9. The Kier molecular flexibility index (Phi) is 15.2. The highest BCUT2D eigenvalue weighted by molar-refractivity contribution is 5.94. The molecule has 4 aromatic rings. The summed E-state index contributed by atoms with van der Waals surface area (Å²) >= 11 is 0.